The van der Waals surface area contributed by atoms with Crippen LogP contribution in [-0.2, 0) is 0 Å². The molecule has 1 amide bonds. The highest BCUT2D eigenvalue weighted by molar-refractivity contribution is 6.31. The minimum absolute atomic E-state index is 0.242. The van der Waals surface area contributed by atoms with Gasteiger partial charge in [-0.25, -0.2) is 4.98 Å². The highest BCUT2D eigenvalue weighted by Gasteiger charge is 2.11. The molecule has 6 heteroatoms. The second-order valence-corrected chi connectivity index (χ2v) is 4.31. The number of amides is 1. The van der Waals surface area contributed by atoms with Crippen molar-refractivity contribution in [3.63, 3.8) is 0 Å². The number of hydrogen-bond acceptors (Lipinski definition) is 4. The maximum atomic E-state index is 12.1. The first-order valence-corrected chi connectivity index (χ1v) is 6.06. The van der Waals surface area contributed by atoms with Crippen molar-refractivity contribution in [3.8, 4) is 0 Å². The predicted octanol–water partition coefficient (Wildman–Crippen LogP) is 2.73. The quantitative estimate of drug-likeness (QED) is 0.905. The van der Waals surface area contributed by atoms with Crippen molar-refractivity contribution in [1.29, 1.82) is 0 Å². The van der Waals surface area contributed by atoms with Crippen molar-refractivity contribution in [2.24, 2.45) is 0 Å². The molecule has 0 aliphatic carbocycles. The van der Waals surface area contributed by atoms with Crippen molar-refractivity contribution in [2.45, 2.75) is 6.92 Å². The van der Waals surface area contributed by atoms with Gasteiger partial charge in [-0.3, -0.25) is 9.78 Å². The highest BCUT2D eigenvalue weighted by Crippen LogP contribution is 2.23. The lowest BCUT2D eigenvalue weighted by Crippen LogP contribution is -2.15. The Labute approximate surface area is 116 Å². The Morgan fingerprint density at radius 3 is 2.84 bits per heavy atom. The Hall–Kier alpha value is -2.14. The molecule has 19 heavy (non-hydrogen) atoms. The molecule has 0 bridgehead atoms. The average molecular weight is 277 g/mol. The second-order valence-electron chi connectivity index (χ2n) is 3.91. The fourth-order valence-electron chi connectivity index (χ4n) is 1.53. The molecule has 0 saturated carbocycles. The van der Waals surface area contributed by atoms with E-state index in [2.05, 4.69) is 20.6 Å². The normalized spacial score (nSPS) is 10.1. The molecule has 1 aromatic carbocycles. The fraction of sp³-hybridized carbons (Fsp3) is 0.154. The van der Waals surface area contributed by atoms with Crippen molar-refractivity contribution < 1.29 is 4.79 Å². The van der Waals surface area contributed by atoms with Crippen LogP contribution in [0.4, 0.5) is 11.5 Å². The van der Waals surface area contributed by atoms with Crippen molar-refractivity contribution in [3.05, 3.63) is 46.9 Å². The van der Waals surface area contributed by atoms with Gasteiger partial charge >= 0.3 is 0 Å². The lowest BCUT2D eigenvalue weighted by atomic mass is 10.2. The highest BCUT2D eigenvalue weighted by atomic mass is 35.5. The first kappa shape index (κ1) is 13.3. The summed E-state index contributed by atoms with van der Waals surface area (Å²) in [5, 5.41) is 6.20. The van der Waals surface area contributed by atoms with E-state index in [1.54, 1.807) is 31.4 Å². The van der Waals surface area contributed by atoms with Gasteiger partial charge in [0.1, 0.15) is 11.5 Å². The molecule has 0 aliphatic rings. The second kappa shape index (κ2) is 5.67. The monoisotopic (exact) mass is 276 g/mol. The number of hydrogen-bond donors (Lipinski definition) is 2. The first-order valence-electron chi connectivity index (χ1n) is 5.68. The van der Waals surface area contributed by atoms with E-state index in [1.165, 1.54) is 6.20 Å². The number of carbonyl (C=O) groups excluding carboxylic acids is 1. The topological polar surface area (TPSA) is 66.9 Å². The van der Waals surface area contributed by atoms with E-state index in [-0.39, 0.29) is 11.6 Å². The van der Waals surface area contributed by atoms with Crippen molar-refractivity contribution in [1.82, 2.24) is 9.97 Å². The van der Waals surface area contributed by atoms with Crippen LogP contribution < -0.4 is 10.6 Å². The molecule has 0 unspecified atom stereocenters. The Bertz CT molecular complexity index is 615. The molecular formula is C13H13ClN4O. The van der Waals surface area contributed by atoms with Gasteiger partial charge in [-0.1, -0.05) is 17.7 Å². The molecule has 5 nitrogen and oxygen atoms in total. The van der Waals surface area contributed by atoms with Gasteiger partial charge in [0.25, 0.3) is 5.91 Å². The molecule has 0 spiro atoms. The molecule has 0 fully saturated rings. The SMILES string of the molecule is CNc1cncc(C(=O)Nc2cccc(Cl)c2C)n1. The van der Waals surface area contributed by atoms with Crippen molar-refractivity contribution >= 4 is 29.0 Å². The smallest absolute Gasteiger partial charge is 0.275 e. The molecule has 0 aliphatic heterocycles. The van der Waals surface area contributed by atoms with Crippen LogP contribution in [0.2, 0.25) is 5.02 Å². The van der Waals surface area contributed by atoms with Crippen LogP contribution in [0.15, 0.2) is 30.6 Å². The number of nitrogens with one attached hydrogen (secondary N) is 2. The van der Waals surface area contributed by atoms with E-state index >= 15 is 0 Å². The number of halogens is 1. The van der Waals surface area contributed by atoms with Gasteiger partial charge in [-0.05, 0) is 24.6 Å². The largest absolute Gasteiger partial charge is 0.372 e. The van der Waals surface area contributed by atoms with E-state index in [1.807, 2.05) is 6.92 Å². The van der Waals surface area contributed by atoms with Gasteiger partial charge in [-0.2, -0.15) is 0 Å². The summed E-state index contributed by atoms with van der Waals surface area (Å²) in [5.74, 6) is 0.213. The summed E-state index contributed by atoms with van der Waals surface area (Å²) < 4.78 is 0. The fourth-order valence-corrected chi connectivity index (χ4v) is 1.70. The minimum Gasteiger partial charge on any atom is -0.372 e. The number of anilines is 2. The van der Waals surface area contributed by atoms with Crippen LogP contribution in [0.25, 0.3) is 0 Å². The minimum atomic E-state index is -0.324. The summed E-state index contributed by atoms with van der Waals surface area (Å²) in [6.07, 6.45) is 2.96. The summed E-state index contributed by atoms with van der Waals surface area (Å²) in [6.45, 7) is 1.84. The van der Waals surface area contributed by atoms with Gasteiger partial charge in [0.2, 0.25) is 0 Å². The molecule has 1 aromatic heterocycles. The summed E-state index contributed by atoms with van der Waals surface area (Å²) in [4.78, 5) is 20.1. The van der Waals surface area contributed by atoms with Gasteiger partial charge in [0, 0.05) is 17.8 Å². The molecule has 0 saturated heterocycles. The van der Waals surface area contributed by atoms with Crippen LogP contribution in [0.3, 0.4) is 0 Å². The summed E-state index contributed by atoms with van der Waals surface area (Å²) >= 11 is 6.00. The average Bonchev–Trinajstić information content (AvgIpc) is 2.44. The summed E-state index contributed by atoms with van der Waals surface area (Å²) in [6, 6.07) is 5.34. The zero-order valence-electron chi connectivity index (χ0n) is 10.6. The molecule has 2 N–H and O–H groups in total. The Morgan fingerprint density at radius 2 is 2.11 bits per heavy atom. The maximum absolute atomic E-state index is 12.1. The number of nitrogens with zero attached hydrogens (tertiary/aromatic N) is 2. The summed E-state index contributed by atoms with van der Waals surface area (Å²) in [7, 11) is 1.72. The third-order valence-corrected chi connectivity index (χ3v) is 3.05. The number of benzene rings is 1. The Kier molecular flexibility index (Phi) is 3.97. The van der Waals surface area contributed by atoms with Crippen LogP contribution >= 0.6 is 11.6 Å². The molecular weight excluding hydrogens is 264 g/mol. The van der Waals surface area contributed by atoms with Crippen molar-refractivity contribution in [2.75, 3.05) is 17.7 Å². The predicted molar refractivity (Wildman–Crippen MR) is 75.7 cm³/mol. The van der Waals surface area contributed by atoms with Gasteiger partial charge in [0.15, 0.2) is 0 Å². The Balaban J connectivity index is 2.23. The summed E-state index contributed by atoms with van der Waals surface area (Å²) in [5.41, 5.74) is 1.72. The first-order chi connectivity index (χ1) is 9.11. The van der Waals surface area contributed by atoms with Gasteiger partial charge < -0.3 is 10.6 Å². The van der Waals surface area contributed by atoms with Crippen LogP contribution in [0.5, 0.6) is 0 Å². The Morgan fingerprint density at radius 1 is 1.32 bits per heavy atom. The van der Waals surface area contributed by atoms with E-state index in [0.29, 0.717) is 16.5 Å². The molecule has 0 radical (unpaired) electrons. The number of rotatable bonds is 3. The number of aromatic nitrogens is 2. The number of carbonyl (C=O) groups is 1. The van der Waals surface area contributed by atoms with Crippen LogP contribution in [-0.4, -0.2) is 22.9 Å². The van der Waals surface area contributed by atoms with E-state index < -0.39 is 0 Å². The van der Waals surface area contributed by atoms with Gasteiger partial charge in [0.05, 0.1) is 12.4 Å². The molecule has 0 atom stereocenters. The van der Waals surface area contributed by atoms with E-state index in [9.17, 15) is 4.79 Å². The molecule has 2 rings (SSSR count). The third-order valence-electron chi connectivity index (χ3n) is 2.64. The zero-order valence-corrected chi connectivity index (χ0v) is 11.3. The lowest BCUT2D eigenvalue weighted by Gasteiger charge is -2.09. The van der Waals surface area contributed by atoms with E-state index in [4.69, 9.17) is 11.6 Å². The zero-order chi connectivity index (χ0) is 13.8. The maximum Gasteiger partial charge on any atom is 0.275 e. The van der Waals surface area contributed by atoms with E-state index in [0.717, 1.165) is 5.56 Å². The van der Waals surface area contributed by atoms with Crippen LogP contribution in [0.1, 0.15) is 16.1 Å². The third kappa shape index (κ3) is 3.00. The molecule has 98 valence electrons. The van der Waals surface area contributed by atoms with Crippen LogP contribution in [0, 0.1) is 6.92 Å². The molecule has 1 heterocycles. The van der Waals surface area contributed by atoms with Gasteiger partial charge in [-0.15, -0.1) is 0 Å². The standard InChI is InChI=1S/C13H13ClN4O/c1-8-9(14)4-3-5-10(8)18-13(19)11-6-16-7-12(15-2)17-11/h3-7H,1-2H3,(H,15,17)(H,18,19). The lowest BCUT2D eigenvalue weighted by molar-refractivity contribution is 0.102. The molecule has 2 aromatic rings.